The molecule has 5 nitrogen and oxygen atoms in total. The molecule has 1 aromatic carbocycles. The van der Waals surface area contributed by atoms with Crippen molar-refractivity contribution in [2.75, 3.05) is 4.72 Å². The molecule has 0 saturated heterocycles. The van der Waals surface area contributed by atoms with Crippen LogP contribution in [-0.4, -0.2) is 13.4 Å². The van der Waals surface area contributed by atoms with E-state index in [0.29, 0.717) is 5.69 Å². The zero-order valence-corrected chi connectivity index (χ0v) is 12.8. The average molecular weight is 301 g/mol. The third-order valence-electron chi connectivity index (χ3n) is 3.07. The van der Waals surface area contributed by atoms with E-state index in [4.69, 9.17) is 5.26 Å². The van der Waals surface area contributed by atoms with E-state index in [0.717, 1.165) is 16.7 Å². The van der Waals surface area contributed by atoms with Crippen LogP contribution in [0.4, 0.5) is 5.69 Å². The summed E-state index contributed by atoms with van der Waals surface area (Å²) >= 11 is 0. The molecule has 0 saturated carbocycles. The van der Waals surface area contributed by atoms with Crippen LogP contribution in [0.1, 0.15) is 22.4 Å². The van der Waals surface area contributed by atoms with E-state index in [9.17, 15) is 8.42 Å². The van der Waals surface area contributed by atoms with Crippen molar-refractivity contribution < 1.29 is 8.42 Å². The highest BCUT2D eigenvalue weighted by atomic mass is 32.2. The summed E-state index contributed by atoms with van der Waals surface area (Å²) in [6, 6.07) is 8.44. The molecule has 1 N–H and O–H groups in total. The second-order valence-electron chi connectivity index (χ2n) is 4.87. The van der Waals surface area contributed by atoms with Crippen molar-refractivity contribution in [1.82, 2.24) is 4.98 Å². The zero-order valence-electron chi connectivity index (χ0n) is 12.0. The molecule has 0 aliphatic rings. The Morgan fingerprint density at radius 2 is 1.76 bits per heavy atom. The van der Waals surface area contributed by atoms with E-state index in [1.165, 1.54) is 18.3 Å². The fraction of sp³-hybridized carbons (Fsp3) is 0.200. The van der Waals surface area contributed by atoms with Gasteiger partial charge in [-0.2, -0.15) is 5.26 Å². The van der Waals surface area contributed by atoms with Gasteiger partial charge < -0.3 is 0 Å². The number of rotatable bonds is 3. The fourth-order valence-corrected chi connectivity index (χ4v) is 3.29. The molecule has 0 amide bonds. The highest BCUT2D eigenvalue weighted by Crippen LogP contribution is 2.24. The van der Waals surface area contributed by atoms with Crippen molar-refractivity contribution in [1.29, 1.82) is 5.26 Å². The number of benzene rings is 1. The highest BCUT2D eigenvalue weighted by molar-refractivity contribution is 7.92. The number of hydrogen-bond donors (Lipinski definition) is 1. The summed E-state index contributed by atoms with van der Waals surface area (Å²) in [5.74, 6) is 0. The molecule has 2 rings (SSSR count). The molecular formula is C15H15N3O2S. The van der Waals surface area contributed by atoms with E-state index < -0.39 is 10.0 Å². The van der Waals surface area contributed by atoms with Crippen LogP contribution >= 0.6 is 0 Å². The Balaban J connectivity index is 2.40. The molecular weight excluding hydrogens is 286 g/mol. The second kappa shape index (κ2) is 5.54. The molecule has 1 heterocycles. The molecule has 0 atom stereocenters. The minimum atomic E-state index is -3.72. The first-order valence-electron chi connectivity index (χ1n) is 6.30. The molecule has 0 radical (unpaired) electrons. The lowest BCUT2D eigenvalue weighted by Crippen LogP contribution is -2.15. The summed E-state index contributed by atoms with van der Waals surface area (Å²) in [4.78, 5) is 3.81. The van der Waals surface area contributed by atoms with Crippen LogP contribution in [0.25, 0.3) is 0 Å². The van der Waals surface area contributed by atoms with Gasteiger partial charge in [-0.1, -0.05) is 17.7 Å². The maximum Gasteiger partial charge on any atom is 0.263 e. The molecule has 0 fully saturated rings. The van der Waals surface area contributed by atoms with Crippen molar-refractivity contribution in [3.63, 3.8) is 0 Å². The fourth-order valence-electron chi connectivity index (χ4n) is 2.14. The number of nitriles is 1. The molecule has 0 aliphatic heterocycles. The topological polar surface area (TPSA) is 82.9 Å². The Labute approximate surface area is 124 Å². The maximum absolute atomic E-state index is 12.4. The predicted molar refractivity (Wildman–Crippen MR) is 80.4 cm³/mol. The van der Waals surface area contributed by atoms with Crippen LogP contribution in [0.2, 0.25) is 0 Å². The Kier molecular flexibility index (Phi) is 3.96. The largest absolute Gasteiger partial charge is 0.279 e. The minimum absolute atomic E-state index is 0.0286. The van der Waals surface area contributed by atoms with Gasteiger partial charge in [0, 0.05) is 6.20 Å². The van der Waals surface area contributed by atoms with Crippen molar-refractivity contribution in [2.45, 2.75) is 25.7 Å². The first kappa shape index (κ1) is 15.0. The van der Waals surface area contributed by atoms with Crippen molar-refractivity contribution in [3.05, 3.63) is 52.8 Å². The van der Waals surface area contributed by atoms with E-state index in [1.807, 2.05) is 39.0 Å². The summed E-state index contributed by atoms with van der Waals surface area (Å²) in [6.45, 7) is 5.67. The van der Waals surface area contributed by atoms with Crippen molar-refractivity contribution >= 4 is 15.7 Å². The zero-order chi connectivity index (χ0) is 15.6. The molecule has 21 heavy (non-hydrogen) atoms. The highest BCUT2D eigenvalue weighted by Gasteiger charge is 2.17. The number of nitrogens with one attached hydrogen (secondary N) is 1. The van der Waals surface area contributed by atoms with Gasteiger partial charge in [0.15, 0.2) is 0 Å². The Morgan fingerprint density at radius 3 is 2.24 bits per heavy atom. The van der Waals surface area contributed by atoms with E-state index >= 15 is 0 Å². The van der Waals surface area contributed by atoms with Gasteiger partial charge in [-0.3, -0.25) is 4.72 Å². The van der Waals surface area contributed by atoms with Gasteiger partial charge in [0.1, 0.15) is 16.7 Å². The quantitative estimate of drug-likeness (QED) is 0.944. The number of nitrogens with zero attached hydrogens (tertiary/aromatic N) is 2. The van der Waals surface area contributed by atoms with Crippen LogP contribution in [0.3, 0.4) is 0 Å². The molecule has 0 unspecified atom stereocenters. The molecule has 1 aromatic heterocycles. The van der Waals surface area contributed by atoms with Crippen LogP contribution < -0.4 is 4.72 Å². The van der Waals surface area contributed by atoms with Crippen molar-refractivity contribution in [2.24, 2.45) is 0 Å². The summed E-state index contributed by atoms with van der Waals surface area (Å²) in [5, 5.41) is 8.69. The lowest BCUT2D eigenvalue weighted by Gasteiger charge is -2.14. The van der Waals surface area contributed by atoms with Crippen molar-refractivity contribution in [3.8, 4) is 6.07 Å². The van der Waals surface area contributed by atoms with Gasteiger partial charge in [-0.15, -0.1) is 0 Å². The monoisotopic (exact) mass is 301 g/mol. The molecule has 0 aliphatic carbocycles. The molecule has 108 valence electrons. The van der Waals surface area contributed by atoms with Crippen LogP contribution in [-0.2, 0) is 10.0 Å². The number of hydrogen-bond acceptors (Lipinski definition) is 4. The lowest BCUT2D eigenvalue weighted by atomic mass is 10.1. The summed E-state index contributed by atoms with van der Waals surface area (Å²) in [5.41, 5.74) is 3.55. The Morgan fingerprint density at radius 1 is 1.14 bits per heavy atom. The Bertz CT molecular complexity index is 796. The molecule has 0 spiro atoms. The third kappa shape index (κ3) is 3.20. The molecule has 6 heteroatoms. The standard InChI is InChI=1S/C15H15N3O2S/c1-10-6-11(2)15(12(3)7-10)18-21(19,20)14-5-4-13(8-16)17-9-14/h4-7,9,18H,1-3H3. The van der Waals surface area contributed by atoms with Crippen LogP contribution in [0.15, 0.2) is 35.4 Å². The first-order valence-corrected chi connectivity index (χ1v) is 7.78. The van der Waals surface area contributed by atoms with Gasteiger partial charge in [0.25, 0.3) is 10.0 Å². The van der Waals surface area contributed by atoms with Gasteiger partial charge in [-0.05, 0) is 44.0 Å². The SMILES string of the molecule is Cc1cc(C)c(NS(=O)(=O)c2ccc(C#N)nc2)c(C)c1. The number of sulfonamides is 1. The predicted octanol–water partition coefficient (Wildman–Crippen LogP) is 2.68. The van der Waals surface area contributed by atoms with E-state index in [-0.39, 0.29) is 10.6 Å². The van der Waals surface area contributed by atoms with Gasteiger partial charge in [0.2, 0.25) is 0 Å². The summed E-state index contributed by atoms with van der Waals surface area (Å²) in [7, 11) is -3.72. The van der Waals surface area contributed by atoms with Crippen LogP contribution in [0.5, 0.6) is 0 Å². The number of aromatic nitrogens is 1. The summed E-state index contributed by atoms with van der Waals surface area (Å²) in [6.07, 6.45) is 1.18. The van der Waals surface area contributed by atoms with Gasteiger partial charge >= 0.3 is 0 Å². The van der Waals surface area contributed by atoms with Gasteiger partial charge in [0.05, 0.1) is 5.69 Å². The van der Waals surface area contributed by atoms with Gasteiger partial charge in [-0.25, -0.2) is 13.4 Å². The normalized spacial score (nSPS) is 11.0. The third-order valence-corrected chi connectivity index (χ3v) is 4.41. The first-order chi connectivity index (χ1) is 9.83. The minimum Gasteiger partial charge on any atom is -0.279 e. The number of aryl methyl sites for hydroxylation is 3. The lowest BCUT2D eigenvalue weighted by molar-refractivity contribution is 0.600. The average Bonchev–Trinajstić information content (AvgIpc) is 2.43. The summed E-state index contributed by atoms with van der Waals surface area (Å²) < 4.78 is 27.3. The van der Waals surface area contributed by atoms with E-state index in [1.54, 1.807) is 0 Å². The second-order valence-corrected chi connectivity index (χ2v) is 6.55. The van der Waals surface area contributed by atoms with Crippen LogP contribution in [0, 0.1) is 32.1 Å². The number of anilines is 1. The maximum atomic E-state index is 12.4. The molecule has 2 aromatic rings. The molecule has 0 bridgehead atoms. The van der Waals surface area contributed by atoms with E-state index in [2.05, 4.69) is 9.71 Å². The Hall–Kier alpha value is -2.39. The number of pyridine rings is 1. The smallest absolute Gasteiger partial charge is 0.263 e.